The summed E-state index contributed by atoms with van der Waals surface area (Å²) in [6.45, 7) is 4.21. The van der Waals surface area contributed by atoms with Crippen molar-refractivity contribution in [1.29, 1.82) is 0 Å². The summed E-state index contributed by atoms with van der Waals surface area (Å²) in [4.78, 5) is 0. The second-order valence-electron chi connectivity index (χ2n) is 4.98. The number of rotatable bonds is 2. The average molecular weight is 252 g/mol. The summed E-state index contributed by atoms with van der Waals surface area (Å²) in [6.07, 6.45) is 3.92. The Kier molecular flexibility index (Phi) is 2.75. The Morgan fingerprint density at radius 1 is 1.05 bits per heavy atom. The molecule has 0 spiro atoms. The predicted molar refractivity (Wildman–Crippen MR) is 77.2 cm³/mol. The molecule has 0 saturated heterocycles. The van der Waals surface area contributed by atoms with Gasteiger partial charge in [-0.15, -0.1) is 0 Å². The molecule has 0 saturated carbocycles. The van der Waals surface area contributed by atoms with Gasteiger partial charge in [0, 0.05) is 23.2 Å². The summed E-state index contributed by atoms with van der Waals surface area (Å²) in [5, 5.41) is 16.2. The highest BCUT2D eigenvalue weighted by Crippen LogP contribution is 2.33. The van der Waals surface area contributed by atoms with Crippen LogP contribution in [0.15, 0.2) is 48.8 Å². The van der Waals surface area contributed by atoms with Gasteiger partial charge >= 0.3 is 0 Å². The van der Waals surface area contributed by atoms with Crippen molar-refractivity contribution in [2.75, 3.05) is 0 Å². The number of aromatic hydroxyl groups is 1. The van der Waals surface area contributed by atoms with Crippen LogP contribution in [-0.2, 0) is 0 Å². The van der Waals surface area contributed by atoms with Crippen molar-refractivity contribution >= 4 is 10.8 Å². The molecule has 3 aromatic rings. The third kappa shape index (κ3) is 1.97. The van der Waals surface area contributed by atoms with Crippen molar-refractivity contribution in [2.24, 2.45) is 0 Å². The number of hydrogen-bond donors (Lipinski definition) is 1. The molecule has 2 aromatic carbocycles. The number of phenolic OH excluding ortho intramolecular Hbond substituents is 1. The van der Waals surface area contributed by atoms with Crippen molar-refractivity contribution in [3.8, 4) is 16.9 Å². The number of phenols is 1. The van der Waals surface area contributed by atoms with Crippen LogP contribution in [0.3, 0.4) is 0 Å². The minimum atomic E-state index is 0.315. The molecule has 0 radical (unpaired) electrons. The zero-order valence-electron chi connectivity index (χ0n) is 11.0. The average Bonchev–Trinajstić information content (AvgIpc) is 2.89. The summed E-state index contributed by atoms with van der Waals surface area (Å²) < 4.78 is 1.94. The second-order valence-corrected chi connectivity index (χ2v) is 4.98. The molecule has 3 rings (SSSR count). The van der Waals surface area contributed by atoms with E-state index in [1.165, 1.54) is 0 Å². The Bertz CT molecular complexity index is 728. The molecular formula is C16H16N2O. The summed E-state index contributed by atoms with van der Waals surface area (Å²) in [5.74, 6) is 0.315. The summed E-state index contributed by atoms with van der Waals surface area (Å²) >= 11 is 0. The molecule has 1 heterocycles. The Morgan fingerprint density at radius 3 is 2.47 bits per heavy atom. The van der Waals surface area contributed by atoms with Gasteiger partial charge in [-0.1, -0.05) is 24.3 Å². The fraction of sp³-hybridized carbons (Fsp3) is 0.188. The van der Waals surface area contributed by atoms with Gasteiger partial charge < -0.3 is 5.11 Å². The standard InChI is InChI=1S/C16H16N2O/c1-11(2)18-10-12(9-17-18)13-7-8-16(19)15-6-4-3-5-14(13)15/h3-11,19H,1-2H3. The van der Waals surface area contributed by atoms with Crippen LogP contribution in [-0.4, -0.2) is 14.9 Å². The Labute approximate surface area is 112 Å². The minimum absolute atomic E-state index is 0.315. The van der Waals surface area contributed by atoms with E-state index >= 15 is 0 Å². The lowest BCUT2D eigenvalue weighted by atomic mass is 10.00. The van der Waals surface area contributed by atoms with Gasteiger partial charge in [-0.2, -0.15) is 5.10 Å². The van der Waals surface area contributed by atoms with Gasteiger partial charge in [-0.25, -0.2) is 0 Å². The molecule has 96 valence electrons. The van der Waals surface area contributed by atoms with E-state index in [9.17, 15) is 5.11 Å². The Balaban J connectivity index is 2.22. The molecule has 0 aliphatic carbocycles. The van der Waals surface area contributed by atoms with Crippen molar-refractivity contribution in [3.05, 3.63) is 48.8 Å². The Hall–Kier alpha value is -2.29. The van der Waals surface area contributed by atoms with Gasteiger partial charge in [0.25, 0.3) is 0 Å². The fourth-order valence-corrected chi connectivity index (χ4v) is 2.29. The predicted octanol–water partition coefficient (Wildman–Crippen LogP) is 3.99. The number of hydrogen-bond acceptors (Lipinski definition) is 2. The molecule has 0 amide bonds. The van der Waals surface area contributed by atoms with Gasteiger partial charge in [0.2, 0.25) is 0 Å². The monoisotopic (exact) mass is 252 g/mol. The highest BCUT2D eigenvalue weighted by Gasteiger charge is 2.09. The summed E-state index contributed by atoms with van der Waals surface area (Å²) in [5.41, 5.74) is 2.17. The first-order valence-electron chi connectivity index (χ1n) is 6.42. The first kappa shape index (κ1) is 11.8. The van der Waals surface area contributed by atoms with Crippen LogP contribution < -0.4 is 0 Å². The van der Waals surface area contributed by atoms with E-state index in [0.29, 0.717) is 11.8 Å². The van der Waals surface area contributed by atoms with E-state index in [1.807, 2.05) is 47.4 Å². The van der Waals surface area contributed by atoms with Gasteiger partial charge in [0.1, 0.15) is 5.75 Å². The normalized spacial score (nSPS) is 11.3. The van der Waals surface area contributed by atoms with Crippen molar-refractivity contribution in [3.63, 3.8) is 0 Å². The molecule has 0 atom stereocenters. The number of fused-ring (bicyclic) bond motifs is 1. The van der Waals surface area contributed by atoms with Gasteiger partial charge in [-0.05, 0) is 36.9 Å². The highest BCUT2D eigenvalue weighted by molar-refractivity contribution is 5.99. The molecule has 3 nitrogen and oxygen atoms in total. The van der Waals surface area contributed by atoms with Crippen LogP contribution >= 0.6 is 0 Å². The minimum Gasteiger partial charge on any atom is -0.507 e. The topological polar surface area (TPSA) is 38.0 Å². The lowest BCUT2D eigenvalue weighted by Gasteiger charge is -2.07. The first-order chi connectivity index (χ1) is 9.16. The maximum Gasteiger partial charge on any atom is 0.123 e. The quantitative estimate of drug-likeness (QED) is 0.748. The molecule has 1 N–H and O–H groups in total. The number of benzene rings is 2. The highest BCUT2D eigenvalue weighted by atomic mass is 16.3. The smallest absolute Gasteiger partial charge is 0.123 e. The third-order valence-electron chi connectivity index (χ3n) is 3.34. The van der Waals surface area contributed by atoms with Crippen LogP contribution in [0.1, 0.15) is 19.9 Å². The van der Waals surface area contributed by atoms with Crippen LogP contribution in [0, 0.1) is 0 Å². The third-order valence-corrected chi connectivity index (χ3v) is 3.34. The molecule has 1 aromatic heterocycles. The van der Waals surface area contributed by atoms with E-state index in [2.05, 4.69) is 18.9 Å². The van der Waals surface area contributed by atoms with Crippen molar-refractivity contribution in [1.82, 2.24) is 9.78 Å². The molecule has 0 aliphatic heterocycles. The Morgan fingerprint density at radius 2 is 1.79 bits per heavy atom. The van der Waals surface area contributed by atoms with Gasteiger partial charge in [0.15, 0.2) is 0 Å². The van der Waals surface area contributed by atoms with Crippen molar-refractivity contribution in [2.45, 2.75) is 19.9 Å². The molecule has 0 aliphatic rings. The van der Waals surface area contributed by atoms with Crippen LogP contribution in [0.5, 0.6) is 5.75 Å². The molecule has 0 fully saturated rings. The summed E-state index contributed by atoms with van der Waals surface area (Å²) in [6, 6.07) is 11.9. The fourth-order valence-electron chi connectivity index (χ4n) is 2.29. The van der Waals surface area contributed by atoms with Crippen LogP contribution in [0.4, 0.5) is 0 Å². The maximum atomic E-state index is 9.92. The molecular weight excluding hydrogens is 236 g/mol. The lowest BCUT2D eigenvalue weighted by molar-refractivity contribution is 0.481. The van der Waals surface area contributed by atoms with Crippen molar-refractivity contribution < 1.29 is 5.11 Å². The maximum absolute atomic E-state index is 9.92. The van der Waals surface area contributed by atoms with E-state index in [-0.39, 0.29) is 0 Å². The number of aromatic nitrogens is 2. The van der Waals surface area contributed by atoms with E-state index in [4.69, 9.17) is 0 Å². The molecule has 3 heteroatoms. The summed E-state index contributed by atoms with van der Waals surface area (Å²) in [7, 11) is 0. The molecule has 0 unspecified atom stereocenters. The SMILES string of the molecule is CC(C)n1cc(-c2ccc(O)c3ccccc23)cn1. The van der Waals surface area contributed by atoms with E-state index in [1.54, 1.807) is 6.07 Å². The first-order valence-corrected chi connectivity index (χ1v) is 6.42. The largest absolute Gasteiger partial charge is 0.507 e. The molecule has 0 bridgehead atoms. The molecule has 19 heavy (non-hydrogen) atoms. The zero-order chi connectivity index (χ0) is 13.4. The second kappa shape index (κ2) is 4.43. The van der Waals surface area contributed by atoms with Crippen LogP contribution in [0.25, 0.3) is 21.9 Å². The van der Waals surface area contributed by atoms with Gasteiger partial charge in [-0.3, -0.25) is 4.68 Å². The lowest BCUT2D eigenvalue weighted by Crippen LogP contribution is -1.99. The van der Waals surface area contributed by atoms with E-state index < -0.39 is 0 Å². The number of nitrogens with zero attached hydrogens (tertiary/aromatic N) is 2. The van der Waals surface area contributed by atoms with E-state index in [0.717, 1.165) is 21.9 Å². The van der Waals surface area contributed by atoms with Crippen LogP contribution in [0.2, 0.25) is 0 Å². The van der Waals surface area contributed by atoms with Gasteiger partial charge in [0.05, 0.1) is 6.20 Å². The zero-order valence-corrected chi connectivity index (χ0v) is 11.0.